The lowest BCUT2D eigenvalue weighted by atomic mass is 9.88. The molecular formula is C23H21F2NO3. The Morgan fingerprint density at radius 2 is 1.52 bits per heavy atom. The molecule has 0 spiro atoms. The molecule has 1 heterocycles. The van der Waals surface area contributed by atoms with Gasteiger partial charge >= 0.3 is 5.97 Å². The van der Waals surface area contributed by atoms with E-state index in [1.165, 1.54) is 55.6 Å². The molecule has 3 rings (SSSR count). The number of halogens is 2. The van der Waals surface area contributed by atoms with Crippen LogP contribution in [0.25, 0.3) is 22.4 Å². The van der Waals surface area contributed by atoms with Gasteiger partial charge in [-0.1, -0.05) is 26.0 Å². The minimum atomic E-state index is -0.652. The lowest BCUT2D eigenvalue weighted by Gasteiger charge is -2.21. The monoisotopic (exact) mass is 397 g/mol. The maximum Gasteiger partial charge on any atom is 0.340 e. The molecule has 0 unspecified atom stereocenters. The van der Waals surface area contributed by atoms with E-state index in [4.69, 9.17) is 4.74 Å². The van der Waals surface area contributed by atoms with Crippen molar-refractivity contribution in [3.05, 3.63) is 77.0 Å². The third-order valence-corrected chi connectivity index (χ3v) is 4.68. The summed E-state index contributed by atoms with van der Waals surface area (Å²) < 4.78 is 32.0. The van der Waals surface area contributed by atoms with Crippen molar-refractivity contribution in [1.82, 2.24) is 4.98 Å². The predicted molar refractivity (Wildman–Crippen MR) is 106 cm³/mol. The number of carbonyl (C=O) groups is 1. The summed E-state index contributed by atoms with van der Waals surface area (Å²) >= 11 is 0. The lowest BCUT2D eigenvalue weighted by Crippen LogP contribution is -2.14. The lowest BCUT2D eigenvalue weighted by molar-refractivity contribution is 0.0602. The zero-order valence-electron chi connectivity index (χ0n) is 16.4. The summed E-state index contributed by atoms with van der Waals surface area (Å²) in [6.45, 7) is 3.48. The largest absolute Gasteiger partial charge is 0.465 e. The Morgan fingerprint density at radius 1 is 1.00 bits per heavy atom. The molecule has 0 atom stereocenters. The van der Waals surface area contributed by atoms with Crippen molar-refractivity contribution in [2.45, 2.75) is 26.4 Å². The van der Waals surface area contributed by atoms with Crippen LogP contribution < -0.4 is 0 Å². The third-order valence-electron chi connectivity index (χ3n) is 4.68. The van der Waals surface area contributed by atoms with Crippen LogP contribution in [0.2, 0.25) is 0 Å². The minimum absolute atomic E-state index is 0.0674. The molecule has 6 heteroatoms. The van der Waals surface area contributed by atoms with E-state index in [0.29, 0.717) is 33.6 Å². The molecule has 1 aromatic heterocycles. The van der Waals surface area contributed by atoms with E-state index >= 15 is 0 Å². The Morgan fingerprint density at radius 3 is 1.97 bits per heavy atom. The number of hydrogen-bond donors (Lipinski definition) is 1. The average molecular weight is 397 g/mol. The quantitative estimate of drug-likeness (QED) is 0.609. The van der Waals surface area contributed by atoms with Crippen molar-refractivity contribution in [1.29, 1.82) is 0 Å². The van der Waals surface area contributed by atoms with Gasteiger partial charge in [-0.25, -0.2) is 13.6 Å². The fourth-order valence-electron chi connectivity index (χ4n) is 3.33. The number of rotatable bonds is 5. The van der Waals surface area contributed by atoms with Gasteiger partial charge in [-0.2, -0.15) is 0 Å². The Bertz CT molecular complexity index is 1030. The van der Waals surface area contributed by atoms with E-state index in [-0.39, 0.29) is 18.1 Å². The van der Waals surface area contributed by atoms with Crippen LogP contribution in [0.15, 0.2) is 48.5 Å². The highest BCUT2D eigenvalue weighted by Crippen LogP contribution is 2.38. The molecule has 0 saturated heterocycles. The highest BCUT2D eigenvalue weighted by atomic mass is 19.1. The maximum absolute atomic E-state index is 13.5. The Hall–Kier alpha value is -3.12. The molecule has 0 fully saturated rings. The molecule has 1 N–H and O–H groups in total. The molecule has 0 aliphatic heterocycles. The number of methoxy groups -OCH3 is 1. The predicted octanol–water partition coefficient (Wildman–Crippen LogP) is 5.10. The van der Waals surface area contributed by atoms with Crippen LogP contribution in [0.5, 0.6) is 0 Å². The smallest absolute Gasteiger partial charge is 0.340 e. The van der Waals surface area contributed by atoms with Gasteiger partial charge in [-0.05, 0) is 47.9 Å². The number of esters is 1. The van der Waals surface area contributed by atoms with Crippen LogP contribution in [-0.4, -0.2) is 23.2 Å². The topological polar surface area (TPSA) is 59.4 Å². The number of nitrogens with zero attached hydrogens (tertiary/aromatic N) is 1. The van der Waals surface area contributed by atoms with Gasteiger partial charge in [0.15, 0.2) is 0 Å². The van der Waals surface area contributed by atoms with Gasteiger partial charge in [0.05, 0.1) is 25.0 Å². The molecule has 0 radical (unpaired) electrons. The number of carbonyl (C=O) groups excluding carboxylic acids is 1. The molecule has 2 aromatic carbocycles. The maximum atomic E-state index is 13.5. The summed E-state index contributed by atoms with van der Waals surface area (Å²) in [7, 11) is 1.25. The van der Waals surface area contributed by atoms with Crippen molar-refractivity contribution in [3.8, 4) is 22.4 Å². The SMILES string of the molecule is COC(=O)c1c(-c2ccc(F)cc2)nc(C(C)C)c(CO)c1-c1ccc(F)cc1. The number of benzene rings is 2. The Labute approximate surface area is 167 Å². The number of hydrogen-bond acceptors (Lipinski definition) is 4. The van der Waals surface area contributed by atoms with Crippen molar-refractivity contribution < 1.29 is 23.4 Å². The van der Waals surface area contributed by atoms with E-state index in [0.717, 1.165) is 0 Å². The molecule has 0 aliphatic rings. The molecule has 4 nitrogen and oxygen atoms in total. The number of aliphatic hydroxyl groups is 1. The van der Waals surface area contributed by atoms with Crippen molar-refractivity contribution >= 4 is 5.97 Å². The second-order valence-corrected chi connectivity index (χ2v) is 6.89. The van der Waals surface area contributed by atoms with Gasteiger partial charge in [0.2, 0.25) is 0 Å². The van der Waals surface area contributed by atoms with E-state index in [9.17, 15) is 18.7 Å². The zero-order chi connectivity index (χ0) is 21.1. The van der Waals surface area contributed by atoms with Gasteiger partial charge in [-0.15, -0.1) is 0 Å². The summed E-state index contributed by atoms with van der Waals surface area (Å²) in [5.74, 6) is -1.55. The molecular weight excluding hydrogens is 376 g/mol. The van der Waals surface area contributed by atoms with E-state index in [1.807, 2.05) is 13.8 Å². The van der Waals surface area contributed by atoms with Crippen LogP contribution >= 0.6 is 0 Å². The number of aromatic nitrogens is 1. The summed E-state index contributed by atoms with van der Waals surface area (Å²) in [4.78, 5) is 17.5. The Kier molecular flexibility index (Phi) is 6.03. The van der Waals surface area contributed by atoms with Gasteiger partial charge in [-0.3, -0.25) is 4.98 Å². The average Bonchev–Trinajstić information content (AvgIpc) is 2.72. The van der Waals surface area contributed by atoms with Crippen LogP contribution in [0.1, 0.15) is 41.4 Å². The summed E-state index contributed by atoms with van der Waals surface area (Å²) in [5.41, 5.74) is 3.02. The molecule has 0 aliphatic carbocycles. The number of pyridine rings is 1. The number of ether oxygens (including phenoxy) is 1. The molecule has 3 aromatic rings. The highest BCUT2D eigenvalue weighted by Gasteiger charge is 2.27. The Balaban J connectivity index is 2.46. The standard InChI is InChI=1S/C23H21F2NO3/c1-13(2)21-18(12-27)19(14-4-8-16(24)9-5-14)20(23(28)29-3)22(26-21)15-6-10-17(25)11-7-15/h4-11,13,27H,12H2,1-3H3. The van der Waals surface area contributed by atoms with E-state index < -0.39 is 17.6 Å². The van der Waals surface area contributed by atoms with Gasteiger partial charge < -0.3 is 9.84 Å². The second kappa shape index (κ2) is 8.49. The van der Waals surface area contributed by atoms with Crippen LogP contribution in [0, 0.1) is 11.6 Å². The molecule has 150 valence electrons. The fraction of sp³-hybridized carbons (Fsp3) is 0.217. The van der Waals surface area contributed by atoms with Crippen molar-refractivity contribution in [2.75, 3.05) is 7.11 Å². The number of aliphatic hydroxyl groups excluding tert-OH is 1. The first-order valence-corrected chi connectivity index (χ1v) is 9.15. The van der Waals surface area contributed by atoms with Crippen LogP contribution in [0.4, 0.5) is 8.78 Å². The van der Waals surface area contributed by atoms with Crippen LogP contribution in [0.3, 0.4) is 0 Å². The first-order valence-electron chi connectivity index (χ1n) is 9.15. The van der Waals surface area contributed by atoms with Gasteiger partial charge in [0, 0.05) is 22.4 Å². The summed E-state index contributed by atoms with van der Waals surface area (Å²) in [6, 6.07) is 11.3. The van der Waals surface area contributed by atoms with Crippen molar-refractivity contribution in [2.24, 2.45) is 0 Å². The first kappa shape index (κ1) is 20.6. The molecule has 0 amide bonds. The second-order valence-electron chi connectivity index (χ2n) is 6.89. The van der Waals surface area contributed by atoms with Crippen molar-refractivity contribution in [3.63, 3.8) is 0 Å². The first-order chi connectivity index (χ1) is 13.9. The van der Waals surface area contributed by atoms with Crippen LogP contribution in [-0.2, 0) is 11.3 Å². The van der Waals surface area contributed by atoms with E-state index in [1.54, 1.807) is 0 Å². The molecule has 0 saturated carbocycles. The fourth-order valence-corrected chi connectivity index (χ4v) is 3.33. The molecule has 0 bridgehead atoms. The molecule has 29 heavy (non-hydrogen) atoms. The third kappa shape index (κ3) is 4.03. The van der Waals surface area contributed by atoms with Gasteiger partial charge in [0.25, 0.3) is 0 Å². The normalized spacial score (nSPS) is 11.0. The zero-order valence-corrected chi connectivity index (χ0v) is 16.4. The highest BCUT2D eigenvalue weighted by molar-refractivity contribution is 6.04. The summed E-state index contributed by atoms with van der Waals surface area (Å²) in [6.07, 6.45) is 0. The van der Waals surface area contributed by atoms with E-state index in [2.05, 4.69) is 4.98 Å². The summed E-state index contributed by atoms with van der Waals surface area (Å²) in [5, 5.41) is 10.1. The van der Waals surface area contributed by atoms with Gasteiger partial charge in [0.1, 0.15) is 11.6 Å². The minimum Gasteiger partial charge on any atom is -0.465 e.